The second kappa shape index (κ2) is 9.97. The molecule has 0 fully saturated rings. The van der Waals surface area contributed by atoms with Crippen LogP contribution >= 0.6 is 0 Å². The van der Waals surface area contributed by atoms with E-state index in [1.165, 1.54) is 0 Å². The topological polar surface area (TPSA) is 113 Å². The van der Waals surface area contributed by atoms with E-state index in [1.807, 2.05) is 54.6 Å². The summed E-state index contributed by atoms with van der Waals surface area (Å²) in [7, 11) is -4.03. The lowest BCUT2D eigenvalue weighted by Crippen LogP contribution is -2.42. The Kier molecular flexibility index (Phi) is 6.56. The van der Waals surface area contributed by atoms with Crippen LogP contribution < -0.4 is 10.5 Å². The summed E-state index contributed by atoms with van der Waals surface area (Å²) in [6.07, 6.45) is 0.0968. The number of nitrogens with one attached hydrogen (secondary N) is 2. The average Bonchev–Trinajstić information content (AvgIpc) is 2.91. The average molecular weight is 508 g/mol. The Morgan fingerprint density at radius 1 is 0.730 bits per heavy atom. The van der Waals surface area contributed by atoms with Gasteiger partial charge in [-0.1, -0.05) is 84.9 Å². The molecule has 184 valence electrons. The van der Waals surface area contributed by atoms with Gasteiger partial charge in [-0.15, -0.1) is 0 Å². The third kappa shape index (κ3) is 5.28. The van der Waals surface area contributed by atoms with E-state index >= 15 is 0 Å². The molecule has 37 heavy (non-hydrogen) atoms. The second-order valence-corrected chi connectivity index (χ2v) is 10.6. The normalized spacial score (nSPS) is 12.4. The van der Waals surface area contributed by atoms with Gasteiger partial charge >= 0.3 is 0 Å². The molecule has 1 atom stereocenters. The van der Waals surface area contributed by atoms with Gasteiger partial charge in [0, 0.05) is 11.1 Å². The number of benzene rings is 5. The number of fused-ring (bicyclic) bond motifs is 2. The van der Waals surface area contributed by atoms with Gasteiger partial charge in [0.1, 0.15) is 5.84 Å². The van der Waals surface area contributed by atoms with Gasteiger partial charge in [0.25, 0.3) is 0 Å². The van der Waals surface area contributed by atoms with Crippen molar-refractivity contribution in [3.63, 3.8) is 0 Å². The van der Waals surface area contributed by atoms with E-state index in [1.54, 1.807) is 54.6 Å². The molecule has 0 spiro atoms. The number of ketones is 1. The zero-order chi connectivity index (χ0) is 26.0. The number of hydrogen-bond acceptors (Lipinski definition) is 4. The van der Waals surface area contributed by atoms with Crippen LogP contribution in [0.25, 0.3) is 21.5 Å². The van der Waals surface area contributed by atoms with Crippen LogP contribution in [0.1, 0.15) is 21.5 Å². The second-order valence-electron chi connectivity index (χ2n) is 8.93. The molecule has 0 aliphatic carbocycles. The first-order valence-corrected chi connectivity index (χ1v) is 13.3. The molecule has 0 aromatic heterocycles. The van der Waals surface area contributed by atoms with Crippen LogP contribution in [-0.4, -0.2) is 26.1 Å². The molecule has 0 heterocycles. The number of nitrogens with two attached hydrogens (primary N) is 1. The fraction of sp³-hybridized carbons (Fsp3) is 0.0667. The molecule has 0 aliphatic heterocycles. The van der Waals surface area contributed by atoms with Gasteiger partial charge in [0.05, 0.1) is 10.9 Å². The lowest BCUT2D eigenvalue weighted by Gasteiger charge is -2.19. The van der Waals surface area contributed by atoms with Gasteiger partial charge in [-0.3, -0.25) is 10.2 Å². The summed E-state index contributed by atoms with van der Waals surface area (Å²) in [5.41, 5.74) is 7.25. The Hall–Kier alpha value is -4.33. The maximum atomic E-state index is 13.7. The maximum Gasteiger partial charge on any atom is 0.241 e. The molecule has 0 unspecified atom stereocenters. The molecule has 0 bridgehead atoms. The molecule has 0 saturated heterocycles. The van der Waals surface area contributed by atoms with Crippen molar-refractivity contribution in [3.8, 4) is 0 Å². The van der Waals surface area contributed by atoms with E-state index in [4.69, 9.17) is 11.1 Å². The molecule has 5 aromatic rings. The highest BCUT2D eigenvalue weighted by Gasteiger charge is 2.27. The Bertz CT molecular complexity index is 1760. The molecule has 0 amide bonds. The molecule has 6 nitrogen and oxygen atoms in total. The number of Topliss-reactive ketones (excluding diaryl/α,β-unsaturated/α-hetero) is 1. The van der Waals surface area contributed by atoms with Crippen LogP contribution in [0.4, 0.5) is 0 Å². The summed E-state index contributed by atoms with van der Waals surface area (Å²) in [6, 6.07) is 31.3. The van der Waals surface area contributed by atoms with Gasteiger partial charge in [0.15, 0.2) is 5.78 Å². The van der Waals surface area contributed by atoms with Crippen LogP contribution in [0, 0.1) is 5.41 Å². The lowest BCUT2D eigenvalue weighted by atomic mass is 9.96. The molecule has 0 aliphatic rings. The molecule has 0 saturated carbocycles. The number of carbonyl (C=O) groups is 1. The number of sulfonamides is 1. The van der Waals surface area contributed by atoms with Crippen molar-refractivity contribution in [2.45, 2.75) is 17.4 Å². The molecule has 0 radical (unpaired) electrons. The van der Waals surface area contributed by atoms with Gasteiger partial charge in [0.2, 0.25) is 10.0 Å². The highest BCUT2D eigenvalue weighted by Crippen LogP contribution is 2.22. The van der Waals surface area contributed by atoms with E-state index in [9.17, 15) is 13.2 Å². The van der Waals surface area contributed by atoms with E-state index in [-0.39, 0.29) is 22.9 Å². The minimum Gasteiger partial charge on any atom is -0.384 e. The first-order valence-electron chi connectivity index (χ1n) is 11.8. The highest BCUT2D eigenvalue weighted by atomic mass is 32.2. The fourth-order valence-electron chi connectivity index (χ4n) is 4.42. The molecule has 5 aromatic carbocycles. The van der Waals surface area contributed by atoms with Crippen molar-refractivity contribution in [3.05, 3.63) is 126 Å². The van der Waals surface area contributed by atoms with Gasteiger partial charge < -0.3 is 5.73 Å². The maximum absolute atomic E-state index is 13.7. The third-order valence-corrected chi connectivity index (χ3v) is 7.83. The van der Waals surface area contributed by atoms with Crippen molar-refractivity contribution in [2.24, 2.45) is 5.73 Å². The lowest BCUT2D eigenvalue weighted by molar-refractivity contribution is 0.0953. The number of nitrogen functional groups attached to an aromatic ring is 1. The largest absolute Gasteiger partial charge is 0.384 e. The third-order valence-electron chi connectivity index (χ3n) is 6.36. The smallest absolute Gasteiger partial charge is 0.241 e. The number of hydrogen-bond donors (Lipinski definition) is 3. The number of amidine groups is 1. The summed E-state index contributed by atoms with van der Waals surface area (Å²) < 4.78 is 29.6. The van der Waals surface area contributed by atoms with E-state index in [0.29, 0.717) is 16.7 Å². The van der Waals surface area contributed by atoms with Gasteiger partial charge in [-0.25, -0.2) is 8.42 Å². The van der Waals surface area contributed by atoms with Crippen molar-refractivity contribution in [1.82, 2.24) is 4.72 Å². The first kappa shape index (κ1) is 24.4. The fourth-order valence-corrected chi connectivity index (χ4v) is 5.65. The van der Waals surface area contributed by atoms with E-state index in [0.717, 1.165) is 21.5 Å². The predicted octanol–water partition coefficient (Wildman–Crippen LogP) is 5.05. The van der Waals surface area contributed by atoms with Crippen molar-refractivity contribution in [2.75, 3.05) is 0 Å². The molecule has 7 heteroatoms. The molecule has 5 rings (SSSR count). The summed E-state index contributed by atoms with van der Waals surface area (Å²) in [5, 5.41) is 11.3. The van der Waals surface area contributed by atoms with Crippen LogP contribution in [-0.2, 0) is 16.4 Å². The molecular formula is C30H25N3O3S. The number of carbonyl (C=O) groups excluding carboxylic acids is 1. The van der Waals surface area contributed by atoms with Gasteiger partial charge in [-0.2, -0.15) is 4.72 Å². The zero-order valence-electron chi connectivity index (χ0n) is 19.9. The van der Waals surface area contributed by atoms with E-state index < -0.39 is 16.1 Å². The standard InChI is InChI=1S/C30H25N3O3S/c31-30(32)26-11-5-6-20(16-26)17-28(29(34)25-13-12-21-7-1-3-9-23(21)18-25)33-37(35,36)27-15-14-22-8-2-4-10-24(22)19-27/h1-16,18-19,28,33H,17H2,(H3,31,32)/t28-/m0/s1. The zero-order valence-corrected chi connectivity index (χ0v) is 20.7. The van der Waals surface area contributed by atoms with Crippen molar-refractivity contribution < 1.29 is 13.2 Å². The van der Waals surface area contributed by atoms with Crippen LogP contribution in [0.5, 0.6) is 0 Å². The van der Waals surface area contributed by atoms with Crippen LogP contribution in [0.2, 0.25) is 0 Å². The SMILES string of the molecule is N=C(N)c1cccc(C[C@H](NS(=O)(=O)c2ccc3ccccc3c2)C(=O)c2ccc3ccccc3c2)c1. The van der Waals surface area contributed by atoms with Crippen molar-refractivity contribution >= 4 is 43.2 Å². The molecular weight excluding hydrogens is 482 g/mol. The number of rotatable bonds is 8. The Balaban J connectivity index is 1.53. The van der Waals surface area contributed by atoms with E-state index in [2.05, 4.69) is 4.72 Å². The Labute approximate surface area is 215 Å². The minimum absolute atomic E-state index is 0.0833. The summed E-state index contributed by atoms with van der Waals surface area (Å²) in [6.45, 7) is 0. The predicted molar refractivity (Wildman–Crippen MR) is 147 cm³/mol. The Morgan fingerprint density at radius 2 is 1.35 bits per heavy atom. The molecule has 4 N–H and O–H groups in total. The summed E-state index contributed by atoms with van der Waals surface area (Å²) in [5.74, 6) is -0.445. The first-order chi connectivity index (χ1) is 17.8. The van der Waals surface area contributed by atoms with Crippen LogP contribution in [0.3, 0.4) is 0 Å². The Morgan fingerprint density at radius 3 is 2.03 bits per heavy atom. The highest BCUT2D eigenvalue weighted by molar-refractivity contribution is 7.89. The summed E-state index contributed by atoms with van der Waals surface area (Å²) >= 11 is 0. The summed E-state index contributed by atoms with van der Waals surface area (Å²) in [4.78, 5) is 13.8. The van der Waals surface area contributed by atoms with Gasteiger partial charge in [-0.05, 0) is 57.8 Å². The van der Waals surface area contributed by atoms with Crippen LogP contribution in [0.15, 0.2) is 114 Å². The monoisotopic (exact) mass is 507 g/mol. The minimum atomic E-state index is -4.03. The quantitative estimate of drug-likeness (QED) is 0.155. The van der Waals surface area contributed by atoms with Crippen molar-refractivity contribution in [1.29, 1.82) is 5.41 Å².